The van der Waals surface area contributed by atoms with Crippen molar-refractivity contribution in [2.45, 2.75) is 45.1 Å². The standard InChI is InChI=1S/C23H30N4OS/c1-17-24-21(16-29-17)18-6-7-22-19(13-18)8-12-27(22)23(28)15-26-11-4-5-20(26)14-25-9-2-3-10-25/h6-7,13,16,20H,2-5,8-12,14-15H2,1H3. The highest BCUT2D eigenvalue weighted by Gasteiger charge is 2.32. The van der Waals surface area contributed by atoms with Crippen LogP contribution in [-0.4, -0.2) is 66.0 Å². The van der Waals surface area contributed by atoms with Gasteiger partial charge in [-0.25, -0.2) is 4.98 Å². The number of hydrogen-bond acceptors (Lipinski definition) is 5. The number of amides is 1. The predicted molar refractivity (Wildman–Crippen MR) is 119 cm³/mol. The molecule has 3 aliphatic heterocycles. The van der Waals surface area contributed by atoms with Crippen molar-refractivity contribution < 1.29 is 4.79 Å². The van der Waals surface area contributed by atoms with Crippen LogP contribution in [0.25, 0.3) is 11.3 Å². The summed E-state index contributed by atoms with van der Waals surface area (Å²) in [6, 6.07) is 7.01. The van der Waals surface area contributed by atoms with Crippen molar-refractivity contribution in [1.82, 2.24) is 14.8 Å². The molecule has 29 heavy (non-hydrogen) atoms. The lowest BCUT2D eigenvalue weighted by Crippen LogP contribution is -2.45. The second-order valence-electron chi connectivity index (χ2n) is 8.66. The van der Waals surface area contributed by atoms with E-state index in [1.807, 2.05) is 11.8 Å². The number of carbonyl (C=O) groups is 1. The molecule has 5 rings (SSSR count). The molecule has 3 aliphatic rings. The highest BCUT2D eigenvalue weighted by molar-refractivity contribution is 7.09. The first-order chi connectivity index (χ1) is 14.2. The van der Waals surface area contributed by atoms with Gasteiger partial charge in [-0.05, 0) is 76.4 Å². The van der Waals surface area contributed by atoms with E-state index >= 15 is 0 Å². The minimum Gasteiger partial charge on any atom is -0.311 e. The Morgan fingerprint density at radius 3 is 2.83 bits per heavy atom. The highest BCUT2D eigenvalue weighted by Crippen LogP contribution is 2.33. The Labute approximate surface area is 177 Å². The molecule has 2 aromatic rings. The fourth-order valence-electron chi connectivity index (χ4n) is 5.15. The molecule has 154 valence electrons. The van der Waals surface area contributed by atoms with E-state index in [0.717, 1.165) is 48.0 Å². The molecule has 1 aromatic heterocycles. The van der Waals surface area contributed by atoms with E-state index in [9.17, 15) is 4.79 Å². The summed E-state index contributed by atoms with van der Waals surface area (Å²) < 4.78 is 0. The van der Waals surface area contributed by atoms with Gasteiger partial charge in [-0.1, -0.05) is 6.07 Å². The third-order valence-electron chi connectivity index (χ3n) is 6.70. The largest absolute Gasteiger partial charge is 0.311 e. The summed E-state index contributed by atoms with van der Waals surface area (Å²) in [4.78, 5) is 24.8. The lowest BCUT2D eigenvalue weighted by Gasteiger charge is -2.29. The number of benzene rings is 1. The molecular formula is C23H30N4OS. The van der Waals surface area contributed by atoms with Crippen molar-refractivity contribution in [2.75, 3.05) is 44.2 Å². The van der Waals surface area contributed by atoms with Crippen LogP contribution in [0.1, 0.15) is 36.3 Å². The van der Waals surface area contributed by atoms with Crippen molar-refractivity contribution in [3.8, 4) is 11.3 Å². The first-order valence-electron chi connectivity index (χ1n) is 11.0. The second kappa shape index (κ2) is 8.17. The fraction of sp³-hybridized carbons (Fsp3) is 0.565. The van der Waals surface area contributed by atoms with Gasteiger partial charge in [0.15, 0.2) is 0 Å². The minimum absolute atomic E-state index is 0.259. The van der Waals surface area contributed by atoms with Gasteiger partial charge in [0.2, 0.25) is 5.91 Å². The molecule has 5 nitrogen and oxygen atoms in total. The minimum atomic E-state index is 0.259. The van der Waals surface area contributed by atoms with Crippen LogP contribution in [0.3, 0.4) is 0 Å². The number of anilines is 1. The van der Waals surface area contributed by atoms with E-state index in [1.54, 1.807) is 11.3 Å². The summed E-state index contributed by atoms with van der Waals surface area (Å²) >= 11 is 1.68. The number of carbonyl (C=O) groups excluding carboxylic acids is 1. The van der Waals surface area contributed by atoms with Crippen molar-refractivity contribution in [3.05, 3.63) is 34.2 Å². The molecule has 0 N–H and O–H groups in total. The topological polar surface area (TPSA) is 39.7 Å². The Balaban J connectivity index is 1.26. The average molecular weight is 411 g/mol. The maximum atomic E-state index is 13.2. The molecule has 0 radical (unpaired) electrons. The van der Waals surface area contributed by atoms with Gasteiger partial charge < -0.3 is 9.80 Å². The van der Waals surface area contributed by atoms with Gasteiger partial charge in [0, 0.05) is 35.8 Å². The van der Waals surface area contributed by atoms with Crippen LogP contribution in [0, 0.1) is 6.92 Å². The number of aromatic nitrogens is 1. The van der Waals surface area contributed by atoms with Gasteiger partial charge in [-0.15, -0.1) is 11.3 Å². The monoisotopic (exact) mass is 410 g/mol. The maximum absolute atomic E-state index is 13.2. The Bertz CT molecular complexity index is 889. The van der Waals surface area contributed by atoms with E-state index < -0.39 is 0 Å². The van der Waals surface area contributed by atoms with Crippen molar-refractivity contribution in [3.63, 3.8) is 0 Å². The molecule has 1 aromatic carbocycles. The van der Waals surface area contributed by atoms with E-state index in [1.165, 1.54) is 44.3 Å². The molecule has 4 heterocycles. The van der Waals surface area contributed by atoms with Crippen LogP contribution in [-0.2, 0) is 11.2 Å². The normalized spacial score (nSPS) is 22.5. The average Bonchev–Trinajstić information content (AvgIpc) is 3.50. The lowest BCUT2D eigenvalue weighted by atomic mass is 10.1. The van der Waals surface area contributed by atoms with Crippen molar-refractivity contribution in [2.24, 2.45) is 0 Å². The smallest absolute Gasteiger partial charge is 0.241 e. The van der Waals surface area contributed by atoms with Crippen LogP contribution < -0.4 is 4.90 Å². The third kappa shape index (κ3) is 3.98. The Morgan fingerprint density at radius 2 is 2.03 bits per heavy atom. The fourth-order valence-corrected chi connectivity index (χ4v) is 5.77. The van der Waals surface area contributed by atoms with Crippen molar-refractivity contribution >= 4 is 22.9 Å². The van der Waals surface area contributed by atoms with E-state index in [4.69, 9.17) is 0 Å². The zero-order valence-electron chi connectivity index (χ0n) is 17.3. The third-order valence-corrected chi connectivity index (χ3v) is 7.47. The number of likely N-dealkylation sites (tertiary alicyclic amines) is 2. The lowest BCUT2D eigenvalue weighted by molar-refractivity contribution is -0.119. The Kier molecular flexibility index (Phi) is 5.41. The molecule has 0 aliphatic carbocycles. The predicted octanol–water partition coefficient (Wildman–Crippen LogP) is 3.57. The van der Waals surface area contributed by atoms with Gasteiger partial charge in [-0.2, -0.15) is 0 Å². The van der Waals surface area contributed by atoms with Gasteiger partial charge in [0.1, 0.15) is 0 Å². The molecule has 0 spiro atoms. The number of aryl methyl sites for hydroxylation is 1. The number of nitrogens with zero attached hydrogens (tertiary/aromatic N) is 4. The first-order valence-corrected chi connectivity index (χ1v) is 11.9. The van der Waals surface area contributed by atoms with E-state index in [-0.39, 0.29) is 5.91 Å². The van der Waals surface area contributed by atoms with Gasteiger partial charge >= 0.3 is 0 Å². The SMILES string of the molecule is Cc1nc(-c2ccc3c(c2)CCN3C(=O)CN2CCCC2CN2CCCC2)cs1. The van der Waals surface area contributed by atoms with Gasteiger partial charge in [0.05, 0.1) is 17.2 Å². The summed E-state index contributed by atoms with van der Waals surface area (Å²) in [5.41, 5.74) is 4.58. The van der Waals surface area contributed by atoms with Crippen molar-refractivity contribution in [1.29, 1.82) is 0 Å². The number of fused-ring (bicyclic) bond motifs is 1. The second-order valence-corrected chi connectivity index (χ2v) is 9.73. The molecule has 1 unspecified atom stereocenters. The Morgan fingerprint density at radius 1 is 1.17 bits per heavy atom. The first kappa shape index (κ1) is 19.2. The van der Waals surface area contributed by atoms with Crippen LogP contribution in [0.2, 0.25) is 0 Å². The van der Waals surface area contributed by atoms with Gasteiger partial charge in [-0.3, -0.25) is 9.69 Å². The van der Waals surface area contributed by atoms with E-state index in [2.05, 4.69) is 38.4 Å². The quantitative estimate of drug-likeness (QED) is 0.756. The zero-order valence-corrected chi connectivity index (χ0v) is 18.1. The summed E-state index contributed by atoms with van der Waals surface area (Å²) in [6.45, 7) is 8.07. The molecule has 1 atom stereocenters. The highest BCUT2D eigenvalue weighted by atomic mass is 32.1. The van der Waals surface area contributed by atoms with Crippen LogP contribution in [0.15, 0.2) is 23.6 Å². The molecule has 1 amide bonds. The van der Waals surface area contributed by atoms with Crippen LogP contribution >= 0.6 is 11.3 Å². The molecule has 0 saturated carbocycles. The number of rotatable bonds is 5. The van der Waals surface area contributed by atoms with Crippen LogP contribution in [0.5, 0.6) is 0 Å². The van der Waals surface area contributed by atoms with Crippen LogP contribution in [0.4, 0.5) is 5.69 Å². The summed E-state index contributed by atoms with van der Waals surface area (Å²) in [7, 11) is 0. The molecule has 2 saturated heterocycles. The molecule has 2 fully saturated rings. The number of hydrogen-bond donors (Lipinski definition) is 0. The number of thiazole rings is 1. The van der Waals surface area contributed by atoms with E-state index in [0.29, 0.717) is 12.6 Å². The summed E-state index contributed by atoms with van der Waals surface area (Å²) in [5, 5.41) is 3.20. The molecule has 6 heteroatoms. The molecular weight excluding hydrogens is 380 g/mol. The maximum Gasteiger partial charge on any atom is 0.241 e. The zero-order chi connectivity index (χ0) is 19.8. The Hall–Kier alpha value is -1.76. The summed E-state index contributed by atoms with van der Waals surface area (Å²) in [5.74, 6) is 0.259. The van der Waals surface area contributed by atoms with Gasteiger partial charge in [0.25, 0.3) is 0 Å². The summed E-state index contributed by atoms with van der Waals surface area (Å²) in [6.07, 6.45) is 6.06. The molecule has 0 bridgehead atoms.